The highest BCUT2D eigenvalue weighted by Crippen LogP contribution is 2.25. The molecular formula is C16H15Cl2NO. The number of hydrogen-bond donors (Lipinski definition) is 1. The minimum atomic E-state index is -1.02. The minimum Gasteiger partial charge on any atom is -0.315 e. The minimum absolute atomic E-state index is 0.0675. The van der Waals surface area contributed by atoms with Crippen LogP contribution in [0, 0.1) is 0 Å². The normalized spacial score (nSPS) is 13.8. The Kier molecular flexibility index (Phi) is 4.48. The van der Waals surface area contributed by atoms with Gasteiger partial charge in [-0.2, -0.15) is 0 Å². The summed E-state index contributed by atoms with van der Waals surface area (Å²) in [6, 6.07) is 14.5. The van der Waals surface area contributed by atoms with E-state index in [4.69, 9.17) is 28.9 Å². The zero-order chi connectivity index (χ0) is 14.8. The Morgan fingerprint density at radius 3 is 2.35 bits per heavy atom. The third-order valence-corrected chi connectivity index (χ3v) is 4.04. The third-order valence-electron chi connectivity index (χ3n) is 3.30. The van der Waals surface area contributed by atoms with Gasteiger partial charge in [-0.15, -0.1) is 0 Å². The number of rotatable bonds is 4. The molecule has 104 valence electrons. The van der Waals surface area contributed by atoms with Crippen molar-refractivity contribution in [3.63, 3.8) is 0 Å². The lowest BCUT2D eigenvalue weighted by Gasteiger charge is -2.23. The Labute approximate surface area is 128 Å². The van der Waals surface area contributed by atoms with Crippen molar-refractivity contribution < 1.29 is 4.79 Å². The summed E-state index contributed by atoms with van der Waals surface area (Å²) in [5.74, 6) is -0.0675. The van der Waals surface area contributed by atoms with Crippen molar-refractivity contribution in [3.05, 3.63) is 69.7 Å². The molecule has 0 aromatic heterocycles. The second kappa shape index (κ2) is 5.96. The highest BCUT2D eigenvalue weighted by atomic mass is 35.5. The van der Waals surface area contributed by atoms with Gasteiger partial charge in [0.15, 0.2) is 5.78 Å². The highest BCUT2D eigenvalue weighted by Gasteiger charge is 2.29. The van der Waals surface area contributed by atoms with Gasteiger partial charge in [0.1, 0.15) is 0 Å². The van der Waals surface area contributed by atoms with Gasteiger partial charge in [-0.25, -0.2) is 0 Å². The van der Waals surface area contributed by atoms with E-state index in [1.807, 2.05) is 30.3 Å². The Hall–Kier alpha value is -1.35. The van der Waals surface area contributed by atoms with Gasteiger partial charge in [0.05, 0.1) is 15.6 Å². The summed E-state index contributed by atoms with van der Waals surface area (Å²) in [6.07, 6.45) is 0.221. The standard InChI is InChI=1S/C16H15Cl2NO/c1-16(19,12-5-3-2-4-6-12)15(20)10-11-7-8-13(17)14(18)9-11/h2-9H,10,19H2,1H3. The summed E-state index contributed by atoms with van der Waals surface area (Å²) in [7, 11) is 0. The molecule has 0 bridgehead atoms. The van der Waals surface area contributed by atoms with Crippen LogP contribution in [0.3, 0.4) is 0 Å². The topological polar surface area (TPSA) is 43.1 Å². The zero-order valence-electron chi connectivity index (χ0n) is 11.1. The van der Waals surface area contributed by atoms with Gasteiger partial charge in [0.2, 0.25) is 0 Å². The predicted molar refractivity (Wildman–Crippen MR) is 83.2 cm³/mol. The maximum absolute atomic E-state index is 12.4. The largest absolute Gasteiger partial charge is 0.315 e. The van der Waals surface area contributed by atoms with E-state index in [2.05, 4.69) is 0 Å². The predicted octanol–water partition coefficient (Wildman–Crippen LogP) is 3.98. The molecule has 2 N–H and O–H groups in total. The lowest BCUT2D eigenvalue weighted by atomic mass is 9.86. The SMILES string of the molecule is CC(N)(C(=O)Cc1ccc(Cl)c(Cl)c1)c1ccccc1. The molecule has 2 aromatic rings. The van der Waals surface area contributed by atoms with E-state index in [-0.39, 0.29) is 12.2 Å². The van der Waals surface area contributed by atoms with E-state index in [0.717, 1.165) is 11.1 Å². The Balaban J connectivity index is 2.21. The van der Waals surface area contributed by atoms with E-state index in [0.29, 0.717) is 10.0 Å². The number of halogens is 2. The van der Waals surface area contributed by atoms with Crippen molar-refractivity contribution >= 4 is 29.0 Å². The number of Topliss-reactive ketones (excluding diaryl/α,β-unsaturated/α-hetero) is 1. The van der Waals surface area contributed by atoms with Crippen LogP contribution in [0.15, 0.2) is 48.5 Å². The molecule has 0 spiro atoms. The summed E-state index contributed by atoms with van der Waals surface area (Å²) < 4.78 is 0. The molecule has 0 aliphatic rings. The van der Waals surface area contributed by atoms with Crippen LogP contribution >= 0.6 is 23.2 Å². The first-order valence-electron chi connectivity index (χ1n) is 6.23. The van der Waals surface area contributed by atoms with Crippen molar-refractivity contribution in [3.8, 4) is 0 Å². The number of ketones is 1. The molecule has 0 aliphatic heterocycles. The molecular weight excluding hydrogens is 293 g/mol. The molecule has 2 aromatic carbocycles. The molecule has 0 radical (unpaired) electrons. The Morgan fingerprint density at radius 1 is 1.10 bits per heavy atom. The number of hydrogen-bond acceptors (Lipinski definition) is 2. The lowest BCUT2D eigenvalue weighted by Crippen LogP contribution is -2.42. The first-order chi connectivity index (χ1) is 9.41. The van der Waals surface area contributed by atoms with Crippen LogP contribution in [0.25, 0.3) is 0 Å². The van der Waals surface area contributed by atoms with E-state index in [9.17, 15) is 4.79 Å². The molecule has 20 heavy (non-hydrogen) atoms. The summed E-state index contributed by atoms with van der Waals surface area (Å²) in [5.41, 5.74) is 6.77. The lowest BCUT2D eigenvalue weighted by molar-refractivity contribution is -0.123. The Morgan fingerprint density at radius 2 is 1.75 bits per heavy atom. The van der Waals surface area contributed by atoms with E-state index < -0.39 is 5.54 Å². The van der Waals surface area contributed by atoms with Gasteiger partial charge in [-0.1, -0.05) is 59.6 Å². The number of benzene rings is 2. The van der Waals surface area contributed by atoms with Crippen LogP contribution < -0.4 is 5.73 Å². The van der Waals surface area contributed by atoms with E-state index >= 15 is 0 Å². The maximum Gasteiger partial charge on any atom is 0.161 e. The second-order valence-corrected chi connectivity index (χ2v) is 5.73. The quantitative estimate of drug-likeness (QED) is 0.928. The average Bonchev–Trinajstić information content (AvgIpc) is 2.44. The molecule has 0 aliphatic carbocycles. The van der Waals surface area contributed by atoms with Crippen molar-refractivity contribution in [2.45, 2.75) is 18.9 Å². The van der Waals surface area contributed by atoms with Crippen LogP contribution in [0.2, 0.25) is 10.0 Å². The average molecular weight is 308 g/mol. The van der Waals surface area contributed by atoms with Crippen molar-refractivity contribution in [2.24, 2.45) is 5.73 Å². The molecule has 0 amide bonds. The first kappa shape index (κ1) is 15.0. The van der Waals surface area contributed by atoms with E-state index in [1.165, 1.54) is 0 Å². The first-order valence-corrected chi connectivity index (χ1v) is 6.98. The zero-order valence-corrected chi connectivity index (χ0v) is 12.6. The van der Waals surface area contributed by atoms with Crippen LogP contribution in [-0.2, 0) is 16.8 Å². The molecule has 0 saturated heterocycles. The number of carbonyl (C=O) groups excluding carboxylic acids is 1. The fourth-order valence-electron chi connectivity index (χ4n) is 1.96. The van der Waals surface area contributed by atoms with Crippen LogP contribution in [0.4, 0.5) is 0 Å². The Bertz CT molecular complexity index is 624. The van der Waals surface area contributed by atoms with Crippen LogP contribution in [-0.4, -0.2) is 5.78 Å². The number of nitrogens with two attached hydrogens (primary N) is 1. The van der Waals surface area contributed by atoms with Crippen molar-refractivity contribution in [2.75, 3.05) is 0 Å². The van der Waals surface area contributed by atoms with Gasteiger partial charge < -0.3 is 5.73 Å². The van der Waals surface area contributed by atoms with Gasteiger partial charge in [-0.3, -0.25) is 4.79 Å². The molecule has 0 heterocycles. The summed E-state index contributed by atoms with van der Waals surface area (Å²) in [5, 5.41) is 0.914. The molecule has 2 rings (SSSR count). The summed E-state index contributed by atoms with van der Waals surface area (Å²) >= 11 is 11.8. The molecule has 0 fully saturated rings. The summed E-state index contributed by atoms with van der Waals surface area (Å²) in [6.45, 7) is 1.72. The fourth-order valence-corrected chi connectivity index (χ4v) is 2.28. The smallest absolute Gasteiger partial charge is 0.161 e. The van der Waals surface area contributed by atoms with Gasteiger partial charge in [0.25, 0.3) is 0 Å². The molecule has 2 nitrogen and oxygen atoms in total. The third kappa shape index (κ3) is 3.21. The molecule has 1 unspecified atom stereocenters. The van der Waals surface area contributed by atoms with Crippen molar-refractivity contribution in [1.82, 2.24) is 0 Å². The second-order valence-electron chi connectivity index (χ2n) is 4.92. The van der Waals surface area contributed by atoms with Crippen LogP contribution in [0.1, 0.15) is 18.1 Å². The summed E-state index contributed by atoms with van der Waals surface area (Å²) in [4.78, 5) is 12.4. The molecule has 0 saturated carbocycles. The van der Waals surface area contributed by atoms with Gasteiger partial charge >= 0.3 is 0 Å². The van der Waals surface area contributed by atoms with Gasteiger partial charge in [0, 0.05) is 6.42 Å². The highest BCUT2D eigenvalue weighted by molar-refractivity contribution is 6.42. The van der Waals surface area contributed by atoms with Gasteiger partial charge in [-0.05, 0) is 30.2 Å². The molecule has 1 atom stereocenters. The maximum atomic E-state index is 12.4. The number of carbonyl (C=O) groups is 1. The van der Waals surface area contributed by atoms with Crippen LogP contribution in [0.5, 0.6) is 0 Å². The fraction of sp³-hybridized carbons (Fsp3) is 0.188. The van der Waals surface area contributed by atoms with E-state index in [1.54, 1.807) is 25.1 Å². The monoisotopic (exact) mass is 307 g/mol. The molecule has 4 heteroatoms. The van der Waals surface area contributed by atoms with Crippen molar-refractivity contribution in [1.29, 1.82) is 0 Å².